The predicted molar refractivity (Wildman–Crippen MR) is 49.6 cm³/mol. The minimum Gasteiger partial charge on any atom is -0.481 e. The van der Waals surface area contributed by atoms with Gasteiger partial charge in [-0.15, -0.1) is 0 Å². The molecular weight excluding hydrogens is 168 g/mol. The molecule has 0 saturated carbocycles. The molecule has 1 N–H and O–H groups in total. The molecule has 0 aliphatic carbocycles. The van der Waals surface area contributed by atoms with Crippen LogP contribution in [0.15, 0.2) is 0 Å². The summed E-state index contributed by atoms with van der Waals surface area (Å²) in [6, 6.07) is 0. The molecule has 3 nitrogen and oxygen atoms in total. The Balaban J connectivity index is 2.21. The third-order valence-corrected chi connectivity index (χ3v) is 2.87. The lowest BCUT2D eigenvalue weighted by atomic mass is 9.78. The van der Waals surface area contributed by atoms with E-state index < -0.39 is 5.97 Å². The van der Waals surface area contributed by atoms with Crippen LogP contribution in [-0.2, 0) is 9.53 Å². The second-order valence-corrected chi connectivity index (χ2v) is 4.17. The monoisotopic (exact) mass is 186 g/mol. The van der Waals surface area contributed by atoms with E-state index in [1.54, 1.807) is 0 Å². The van der Waals surface area contributed by atoms with Crippen LogP contribution in [0.4, 0.5) is 0 Å². The molecule has 0 aromatic rings. The second-order valence-electron chi connectivity index (χ2n) is 4.17. The first-order valence-corrected chi connectivity index (χ1v) is 4.92. The van der Waals surface area contributed by atoms with Gasteiger partial charge in [0.2, 0.25) is 0 Å². The number of carbonyl (C=O) groups is 1. The van der Waals surface area contributed by atoms with Crippen LogP contribution >= 0.6 is 0 Å². The van der Waals surface area contributed by atoms with Crippen molar-refractivity contribution < 1.29 is 14.6 Å². The summed E-state index contributed by atoms with van der Waals surface area (Å²) in [5.74, 6) is -0.685. The predicted octanol–water partition coefficient (Wildman–Crippen LogP) is 2.06. The summed E-state index contributed by atoms with van der Waals surface area (Å²) in [6.07, 6.45) is 4.27. The van der Waals surface area contributed by atoms with Crippen LogP contribution in [0.25, 0.3) is 0 Å². The van der Waals surface area contributed by atoms with E-state index in [0.717, 1.165) is 38.9 Å². The molecule has 1 aliphatic heterocycles. The Hall–Kier alpha value is -0.570. The van der Waals surface area contributed by atoms with Crippen molar-refractivity contribution in [2.75, 3.05) is 13.2 Å². The Morgan fingerprint density at radius 2 is 2.08 bits per heavy atom. The molecule has 0 atom stereocenters. The van der Waals surface area contributed by atoms with E-state index in [0.29, 0.717) is 11.8 Å². The molecule has 1 rings (SSSR count). The van der Waals surface area contributed by atoms with Crippen LogP contribution in [0.3, 0.4) is 0 Å². The summed E-state index contributed by atoms with van der Waals surface area (Å²) in [4.78, 5) is 10.3. The Labute approximate surface area is 79.1 Å². The van der Waals surface area contributed by atoms with Gasteiger partial charge in [0, 0.05) is 19.6 Å². The van der Waals surface area contributed by atoms with E-state index in [1.165, 1.54) is 0 Å². The van der Waals surface area contributed by atoms with Gasteiger partial charge in [-0.05, 0) is 31.1 Å². The topological polar surface area (TPSA) is 46.5 Å². The Morgan fingerprint density at radius 3 is 2.62 bits per heavy atom. The van der Waals surface area contributed by atoms with Crippen molar-refractivity contribution in [3.05, 3.63) is 0 Å². The summed E-state index contributed by atoms with van der Waals surface area (Å²) in [5.41, 5.74) is 0.327. The van der Waals surface area contributed by atoms with Crippen LogP contribution in [0.5, 0.6) is 0 Å². The Bertz CT molecular complexity index is 171. The molecule has 0 aromatic heterocycles. The Morgan fingerprint density at radius 1 is 1.46 bits per heavy atom. The number of carboxylic acids is 1. The highest BCUT2D eigenvalue weighted by Crippen LogP contribution is 2.34. The number of hydrogen-bond acceptors (Lipinski definition) is 2. The zero-order valence-corrected chi connectivity index (χ0v) is 8.21. The highest BCUT2D eigenvalue weighted by atomic mass is 16.5. The van der Waals surface area contributed by atoms with Crippen molar-refractivity contribution in [3.63, 3.8) is 0 Å². The van der Waals surface area contributed by atoms with E-state index in [9.17, 15) is 4.79 Å². The molecule has 0 spiro atoms. The molecule has 13 heavy (non-hydrogen) atoms. The minimum absolute atomic E-state index is 0.302. The highest BCUT2D eigenvalue weighted by Gasteiger charge is 2.26. The summed E-state index contributed by atoms with van der Waals surface area (Å²) >= 11 is 0. The molecule has 3 heteroatoms. The smallest absolute Gasteiger partial charge is 0.303 e. The average molecular weight is 186 g/mol. The first kappa shape index (κ1) is 10.5. The third-order valence-electron chi connectivity index (χ3n) is 2.87. The minimum atomic E-state index is -0.685. The molecule has 0 unspecified atom stereocenters. The van der Waals surface area contributed by atoms with E-state index >= 15 is 0 Å². The van der Waals surface area contributed by atoms with Gasteiger partial charge in [0.25, 0.3) is 0 Å². The maximum atomic E-state index is 10.3. The van der Waals surface area contributed by atoms with Crippen LogP contribution in [-0.4, -0.2) is 24.3 Å². The van der Waals surface area contributed by atoms with Crippen LogP contribution in [0.2, 0.25) is 0 Å². The van der Waals surface area contributed by atoms with Gasteiger partial charge in [-0.2, -0.15) is 0 Å². The maximum absolute atomic E-state index is 10.3. The van der Waals surface area contributed by atoms with Gasteiger partial charge in [-0.3, -0.25) is 4.79 Å². The molecule has 1 aliphatic rings. The third kappa shape index (κ3) is 3.77. The molecule has 0 amide bonds. The first-order valence-electron chi connectivity index (χ1n) is 4.92. The fourth-order valence-corrected chi connectivity index (χ4v) is 1.78. The summed E-state index contributed by atoms with van der Waals surface area (Å²) in [7, 11) is 0. The van der Waals surface area contributed by atoms with Gasteiger partial charge in [-0.1, -0.05) is 6.92 Å². The maximum Gasteiger partial charge on any atom is 0.303 e. The van der Waals surface area contributed by atoms with Crippen molar-refractivity contribution >= 4 is 5.97 Å². The average Bonchev–Trinajstić information content (AvgIpc) is 2.04. The number of carboxylic acid groups (broad SMARTS) is 1. The van der Waals surface area contributed by atoms with E-state index in [4.69, 9.17) is 9.84 Å². The van der Waals surface area contributed by atoms with E-state index in [1.807, 2.05) is 0 Å². The standard InChI is InChI=1S/C10H18O3/c1-10(4-2-3-9(11)12)5-7-13-8-6-10/h2-8H2,1H3,(H,11,12). The number of ether oxygens (including phenoxy) is 1. The van der Waals surface area contributed by atoms with Gasteiger partial charge < -0.3 is 9.84 Å². The molecule has 76 valence electrons. The number of rotatable bonds is 4. The normalized spacial score (nSPS) is 21.3. The van der Waals surface area contributed by atoms with Gasteiger partial charge in [0.1, 0.15) is 0 Å². The van der Waals surface area contributed by atoms with Gasteiger partial charge in [0.05, 0.1) is 0 Å². The molecule has 1 saturated heterocycles. The second kappa shape index (κ2) is 4.61. The fraction of sp³-hybridized carbons (Fsp3) is 0.900. The van der Waals surface area contributed by atoms with Crippen molar-refractivity contribution in [2.45, 2.75) is 39.0 Å². The van der Waals surface area contributed by atoms with Crippen molar-refractivity contribution in [3.8, 4) is 0 Å². The van der Waals surface area contributed by atoms with E-state index in [2.05, 4.69) is 6.92 Å². The lowest BCUT2D eigenvalue weighted by Gasteiger charge is -2.33. The fourth-order valence-electron chi connectivity index (χ4n) is 1.78. The first-order chi connectivity index (χ1) is 6.12. The highest BCUT2D eigenvalue weighted by molar-refractivity contribution is 5.66. The zero-order chi connectivity index (χ0) is 9.73. The van der Waals surface area contributed by atoms with Crippen LogP contribution < -0.4 is 0 Å². The number of hydrogen-bond donors (Lipinski definition) is 1. The largest absolute Gasteiger partial charge is 0.481 e. The van der Waals surface area contributed by atoms with Crippen molar-refractivity contribution in [2.24, 2.45) is 5.41 Å². The Kier molecular flexibility index (Phi) is 3.72. The van der Waals surface area contributed by atoms with Gasteiger partial charge in [-0.25, -0.2) is 0 Å². The SMILES string of the molecule is CC1(CCCC(=O)O)CCOCC1. The molecule has 1 fully saturated rings. The van der Waals surface area contributed by atoms with E-state index in [-0.39, 0.29) is 0 Å². The lowest BCUT2D eigenvalue weighted by Crippen LogP contribution is -2.26. The molecule has 0 bridgehead atoms. The molecule has 0 aromatic carbocycles. The molecule has 1 heterocycles. The van der Waals surface area contributed by atoms with Crippen molar-refractivity contribution in [1.82, 2.24) is 0 Å². The van der Waals surface area contributed by atoms with Crippen LogP contribution in [0, 0.1) is 5.41 Å². The zero-order valence-electron chi connectivity index (χ0n) is 8.21. The van der Waals surface area contributed by atoms with Gasteiger partial charge >= 0.3 is 5.97 Å². The summed E-state index contributed by atoms with van der Waals surface area (Å²) in [6.45, 7) is 3.91. The van der Waals surface area contributed by atoms with Crippen molar-refractivity contribution in [1.29, 1.82) is 0 Å². The molecular formula is C10H18O3. The lowest BCUT2D eigenvalue weighted by molar-refractivity contribution is -0.137. The summed E-state index contributed by atoms with van der Waals surface area (Å²) < 4.78 is 5.28. The van der Waals surface area contributed by atoms with Crippen LogP contribution in [0.1, 0.15) is 39.0 Å². The molecule has 0 radical (unpaired) electrons. The summed E-state index contributed by atoms with van der Waals surface area (Å²) in [5, 5.41) is 8.50. The number of aliphatic carboxylic acids is 1. The quantitative estimate of drug-likeness (QED) is 0.731. The van der Waals surface area contributed by atoms with Gasteiger partial charge in [0.15, 0.2) is 0 Å².